The molecule has 0 unspecified atom stereocenters. The molecule has 1 N–H and O–H groups in total. The predicted molar refractivity (Wildman–Crippen MR) is 110 cm³/mol. The van der Waals surface area contributed by atoms with Crippen LogP contribution in [0.1, 0.15) is 5.69 Å². The van der Waals surface area contributed by atoms with Crippen molar-refractivity contribution in [1.29, 1.82) is 0 Å². The zero-order valence-electron chi connectivity index (χ0n) is 16.1. The number of rotatable bonds is 8. The summed E-state index contributed by atoms with van der Waals surface area (Å²) in [5.41, 5.74) is 0.667. The second-order valence-electron chi connectivity index (χ2n) is 6.19. The Hall–Kier alpha value is -3.67. The second-order valence-corrected chi connectivity index (χ2v) is 7.13. The fourth-order valence-electron chi connectivity index (χ4n) is 2.58. The molecule has 2 aromatic heterocycles. The number of hydrogen-bond donors (Lipinski definition) is 1. The number of thioether (sulfide) groups is 1. The van der Waals surface area contributed by atoms with E-state index in [2.05, 4.69) is 15.5 Å². The van der Waals surface area contributed by atoms with Crippen molar-refractivity contribution in [3.63, 3.8) is 0 Å². The van der Waals surface area contributed by atoms with E-state index >= 15 is 0 Å². The Bertz CT molecular complexity index is 1120. The van der Waals surface area contributed by atoms with Crippen molar-refractivity contribution in [2.45, 2.75) is 17.5 Å². The average molecular weight is 430 g/mol. The van der Waals surface area contributed by atoms with Crippen LogP contribution in [0.5, 0.6) is 5.75 Å². The third-order valence-corrected chi connectivity index (χ3v) is 5.17. The van der Waals surface area contributed by atoms with Gasteiger partial charge in [0.1, 0.15) is 12.9 Å². The highest BCUT2D eigenvalue weighted by Crippen LogP contribution is 2.21. The number of nitro benzene ring substituents is 1. The van der Waals surface area contributed by atoms with Crippen molar-refractivity contribution in [2.24, 2.45) is 7.05 Å². The molecule has 0 bridgehead atoms. The summed E-state index contributed by atoms with van der Waals surface area (Å²) in [5, 5.41) is 21.9. The molecular formula is C18H18N6O5S. The maximum absolute atomic E-state index is 12.5. The number of nitrogens with zero attached hydrogens (tertiary/aromatic N) is 5. The van der Waals surface area contributed by atoms with Crippen molar-refractivity contribution >= 4 is 29.0 Å². The van der Waals surface area contributed by atoms with Crippen molar-refractivity contribution in [3.8, 4) is 5.75 Å². The molecule has 0 aliphatic carbocycles. The topological polar surface area (TPSA) is 134 Å². The number of hydrogen-bond acceptors (Lipinski definition) is 8. The van der Waals surface area contributed by atoms with Gasteiger partial charge in [0.25, 0.3) is 5.69 Å². The lowest BCUT2D eigenvalue weighted by Gasteiger charge is -2.14. The summed E-state index contributed by atoms with van der Waals surface area (Å²) < 4.78 is 8.45. The fourth-order valence-corrected chi connectivity index (χ4v) is 3.46. The molecule has 0 aliphatic rings. The molecule has 30 heavy (non-hydrogen) atoms. The lowest BCUT2D eigenvalue weighted by atomic mass is 10.3. The third kappa shape index (κ3) is 5.03. The molecule has 0 atom stereocenters. The van der Waals surface area contributed by atoms with Crippen LogP contribution in [0.4, 0.5) is 11.4 Å². The van der Waals surface area contributed by atoms with Gasteiger partial charge in [0.15, 0.2) is 10.9 Å². The highest BCUT2D eigenvalue weighted by molar-refractivity contribution is 7.98. The van der Waals surface area contributed by atoms with Crippen LogP contribution < -0.4 is 15.5 Å². The van der Waals surface area contributed by atoms with Gasteiger partial charge in [-0.15, -0.1) is 10.2 Å². The van der Waals surface area contributed by atoms with Crippen LogP contribution >= 0.6 is 11.8 Å². The normalized spacial score (nSPS) is 10.6. The molecule has 0 aliphatic heterocycles. The number of carbonyl (C=O) groups excluding carboxylic acids is 1. The first kappa shape index (κ1) is 21.0. The van der Waals surface area contributed by atoms with E-state index in [0.717, 1.165) is 0 Å². The summed E-state index contributed by atoms with van der Waals surface area (Å²) in [5.74, 6) is 0.140. The van der Waals surface area contributed by atoms with Gasteiger partial charge in [0.2, 0.25) is 11.3 Å². The Morgan fingerprint density at radius 3 is 2.67 bits per heavy atom. The number of benzene rings is 1. The zero-order chi connectivity index (χ0) is 21.7. The smallest absolute Gasteiger partial charge is 0.269 e. The minimum atomic E-state index is -0.515. The first-order valence-corrected chi connectivity index (χ1v) is 9.64. The summed E-state index contributed by atoms with van der Waals surface area (Å²) in [7, 11) is 3.19. The van der Waals surface area contributed by atoms with Gasteiger partial charge in [-0.1, -0.05) is 11.8 Å². The quantitative estimate of drug-likeness (QED) is 0.325. The van der Waals surface area contributed by atoms with E-state index in [1.165, 1.54) is 55.4 Å². The number of pyridine rings is 1. The minimum Gasteiger partial charge on any atom is -0.491 e. The van der Waals surface area contributed by atoms with Gasteiger partial charge in [-0.2, -0.15) is 0 Å². The second kappa shape index (κ2) is 9.22. The van der Waals surface area contributed by atoms with E-state index in [9.17, 15) is 19.7 Å². The summed E-state index contributed by atoms with van der Waals surface area (Å²) in [6.45, 7) is -0.0810. The first-order chi connectivity index (χ1) is 14.4. The van der Waals surface area contributed by atoms with Crippen LogP contribution in [-0.2, 0) is 24.1 Å². The van der Waals surface area contributed by atoms with Crippen molar-refractivity contribution in [3.05, 3.63) is 68.9 Å². The van der Waals surface area contributed by atoms with Crippen LogP contribution in [0.3, 0.4) is 0 Å². The van der Waals surface area contributed by atoms with Crippen molar-refractivity contribution in [2.75, 3.05) is 12.4 Å². The Morgan fingerprint density at radius 2 is 2.07 bits per heavy atom. The molecule has 156 valence electrons. The fraction of sp³-hybridized carbons (Fsp3) is 0.222. The Labute approximate surface area is 174 Å². The number of carbonyl (C=O) groups is 1. The molecule has 1 amide bonds. The highest BCUT2D eigenvalue weighted by Gasteiger charge is 2.13. The van der Waals surface area contributed by atoms with Gasteiger partial charge in [0, 0.05) is 42.4 Å². The Balaban J connectivity index is 1.77. The summed E-state index contributed by atoms with van der Waals surface area (Å²) in [6, 6.07) is 6.93. The SMILES string of the molecule is COc1cn(CC(=O)Nc2ccc([N+](=O)[O-])cc2)c(CSc2nncn2C)cc1=O. The van der Waals surface area contributed by atoms with Gasteiger partial charge < -0.3 is 19.2 Å². The molecule has 12 heteroatoms. The number of amides is 1. The molecule has 0 saturated heterocycles. The number of non-ortho nitro benzene ring substituents is 1. The van der Waals surface area contributed by atoms with Gasteiger partial charge in [-0.05, 0) is 12.1 Å². The average Bonchev–Trinajstić information content (AvgIpc) is 3.13. The van der Waals surface area contributed by atoms with Gasteiger partial charge in [0.05, 0.1) is 18.2 Å². The highest BCUT2D eigenvalue weighted by atomic mass is 32.2. The number of ether oxygens (including phenoxy) is 1. The number of aryl methyl sites for hydroxylation is 1. The van der Waals surface area contributed by atoms with E-state index < -0.39 is 4.92 Å². The summed E-state index contributed by atoms with van der Waals surface area (Å²) in [4.78, 5) is 34.9. The van der Waals surface area contributed by atoms with E-state index in [1.807, 2.05) is 0 Å². The molecule has 0 saturated carbocycles. The number of methoxy groups -OCH3 is 1. The van der Waals surface area contributed by atoms with Crippen LogP contribution in [0.25, 0.3) is 0 Å². The van der Waals surface area contributed by atoms with E-state index in [4.69, 9.17) is 4.74 Å². The molecule has 0 fully saturated rings. The van der Waals surface area contributed by atoms with Crippen LogP contribution in [0, 0.1) is 10.1 Å². The molecular weight excluding hydrogens is 412 g/mol. The lowest BCUT2D eigenvalue weighted by molar-refractivity contribution is -0.384. The number of aromatic nitrogens is 4. The molecule has 2 heterocycles. The van der Waals surface area contributed by atoms with Crippen LogP contribution in [-0.4, -0.2) is 37.3 Å². The monoisotopic (exact) mass is 430 g/mol. The van der Waals surface area contributed by atoms with E-state index in [-0.39, 0.29) is 29.3 Å². The zero-order valence-corrected chi connectivity index (χ0v) is 17.0. The summed E-state index contributed by atoms with van der Waals surface area (Å²) in [6.07, 6.45) is 3.05. The maximum atomic E-state index is 12.5. The molecule has 3 rings (SSSR count). The van der Waals surface area contributed by atoms with Gasteiger partial charge >= 0.3 is 0 Å². The van der Waals surface area contributed by atoms with Crippen molar-refractivity contribution in [1.82, 2.24) is 19.3 Å². The Morgan fingerprint density at radius 1 is 1.33 bits per heavy atom. The first-order valence-electron chi connectivity index (χ1n) is 8.66. The van der Waals surface area contributed by atoms with E-state index in [0.29, 0.717) is 22.3 Å². The molecule has 3 aromatic rings. The number of anilines is 1. The van der Waals surface area contributed by atoms with E-state index in [1.54, 1.807) is 22.5 Å². The number of nitro groups is 1. The third-order valence-electron chi connectivity index (χ3n) is 4.10. The number of nitrogens with one attached hydrogen (secondary N) is 1. The largest absolute Gasteiger partial charge is 0.491 e. The predicted octanol–water partition coefficient (Wildman–Crippen LogP) is 1.82. The maximum Gasteiger partial charge on any atom is 0.269 e. The minimum absolute atomic E-state index is 0.0683. The molecule has 1 aromatic carbocycles. The molecule has 0 spiro atoms. The lowest BCUT2D eigenvalue weighted by Crippen LogP contribution is -2.22. The van der Waals surface area contributed by atoms with Gasteiger partial charge in [-0.25, -0.2) is 0 Å². The standard InChI is InChI=1S/C18H18N6O5S/c1-22-11-19-21-18(22)30-10-14-7-15(25)16(29-2)8-23(14)9-17(26)20-12-3-5-13(6-4-12)24(27)28/h3-8,11H,9-10H2,1-2H3,(H,20,26). The van der Waals surface area contributed by atoms with Crippen LogP contribution in [0.2, 0.25) is 0 Å². The molecule has 0 radical (unpaired) electrons. The van der Waals surface area contributed by atoms with Gasteiger partial charge in [-0.3, -0.25) is 19.7 Å². The molecule has 11 nitrogen and oxygen atoms in total. The summed E-state index contributed by atoms with van der Waals surface area (Å²) >= 11 is 1.37. The Kier molecular flexibility index (Phi) is 6.47. The van der Waals surface area contributed by atoms with Crippen LogP contribution in [0.15, 0.2) is 52.8 Å². The van der Waals surface area contributed by atoms with Crippen molar-refractivity contribution < 1.29 is 14.5 Å².